The van der Waals surface area contributed by atoms with Crippen molar-refractivity contribution in [2.45, 2.75) is 21.4 Å². The summed E-state index contributed by atoms with van der Waals surface area (Å²) in [4.78, 5) is 12.8. The van der Waals surface area contributed by atoms with E-state index in [0.717, 1.165) is 19.3 Å². The van der Waals surface area contributed by atoms with Crippen LogP contribution in [0.1, 0.15) is 16.0 Å². The third-order valence-corrected chi connectivity index (χ3v) is 7.19. The van der Waals surface area contributed by atoms with Gasteiger partial charge in [-0.05, 0) is 23.9 Å². The molecule has 0 bridgehead atoms. The molecule has 0 fully saturated rings. The quantitative estimate of drug-likeness (QED) is 0.331. The van der Waals surface area contributed by atoms with E-state index in [1.54, 1.807) is 29.3 Å². The number of amides is 1. The van der Waals surface area contributed by atoms with Gasteiger partial charge in [0.2, 0.25) is 0 Å². The van der Waals surface area contributed by atoms with E-state index in [-0.39, 0.29) is 11.7 Å². The number of rotatable bonds is 8. The van der Waals surface area contributed by atoms with Crippen molar-refractivity contribution < 1.29 is 4.79 Å². The lowest BCUT2D eigenvalue weighted by Gasteiger charge is -1.99. The number of thiophene rings is 1. The van der Waals surface area contributed by atoms with Gasteiger partial charge in [0.15, 0.2) is 8.68 Å². The lowest BCUT2D eigenvalue weighted by molar-refractivity contribution is -0.118. The topological polar surface area (TPSA) is 67.2 Å². The number of aryl methyl sites for hydroxylation is 1. The summed E-state index contributed by atoms with van der Waals surface area (Å²) in [5, 5.41) is 14.2. The first kappa shape index (κ1) is 19.1. The zero-order valence-electron chi connectivity index (χ0n) is 13.9. The Labute approximate surface area is 168 Å². The van der Waals surface area contributed by atoms with Crippen LogP contribution in [-0.4, -0.2) is 28.1 Å². The second kappa shape index (κ2) is 9.86. The number of carbonyl (C=O) groups is 1. The zero-order chi connectivity index (χ0) is 18.2. The number of nitrogens with zero attached hydrogens (tertiary/aromatic N) is 3. The number of aromatic nitrogens is 2. The Hall–Kier alpha value is -1.68. The molecule has 0 unspecified atom stereocenters. The molecule has 9 heteroatoms. The van der Waals surface area contributed by atoms with Gasteiger partial charge in [0, 0.05) is 10.6 Å². The fourth-order valence-electron chi connectivity index (χ4n) is 1.84. The normalized spacial score (nSPS) is 11.1. The predicted molar refractivity (Wildman–Crippen MR) is 111 cm³/mol. The summed E-state index contributed by atoms with van der Waals surface area (Å²) < 4.78 is 1.69. The second-order valence-corrected chi connectivity index (χ2v) is 9.61. The number of nitrogens with one attached hydrogen (secondary N) is 1. The van der Waals surface area contributed by atoms with Crippen LogP contribution in [0.3, 0.4) is 0 Å². The van der Waals surface area contributed by atoms with Crippen molar-refractivity contribution in [3.05, 3.63) is 57.8 Å². The van der Waals surface area contributed by atoms with Crippen LogP contribution < -0.4 is 5.43 Å². The van der Waals surface area contributed by atoms with E-state index in [0.29, 0.717) is 0 Å². The molecule has 0 atom stereocenters. The van der Waals surface area contributed by atoms with E-state index in [4.69, 9.17) is 0 Å². The maximum atomic E-state index is 11.8. The zero-order valence-corrected chi connectivity index (χ0v) is 17.2. The van der Waals surface area contributed by atoms with E-state index in [9.17, 15) is 4.79 Å². The molecule has 0 saturated carbocycles. The highest BCUT2D eigenvalue weighted by Crippen LogP contribution is 2.30. The van der Waals surface area contributed by atoms with Crippen molar-refractivity contribution in [2.75, 3.05) is 5.75 Å². The van der Waals surface area contributed by atoms with Crippen molar-refractivity contribution in [1.82, 2.24) is 15.6 Å². The molecule has 1 amide bonds. The number of thioether (sulfide) groups is 2. The fourth-order valence-corrected chi connectivity index (χ4v) is 5.19. The smallest absolute Gasteiger partial charge is 0.250 e. The maximum absolute atomic E-state index is 11.8. The first-order valence-corrected chi connectivity index (χ1v) is 11.4. The molecule has 3 rings (SSSR count). The Bertz CT molecular complexity index is 859. The Balaban J connectivity index is 1.40. The van der Waals surface area contributed by atoms with Crippen LogP contribution in [0.5, 0.6) is 0 Å². The molecule has 0 aliphatic rings. The van der Waals surface area contributed by atoms with Crippen LogP contribution >= 0.6 is 46.2 Å². The van der Waals surface area contributed by atoms with Gasteiger partial charge in [-0.1, -0.05) is 70.8 Å². The molecule has 0 spiro atoms. The number of hydrogen-bond donors (Lipinski definition) is 1. The summed E-state index contributed by atoms with van der Waals surface area (Å²) in [6, 6.07) is 12.3. The molecule has 2 aromatic heterocycles. The Morgan fingerprint density at radius 3 is 2.69 bits per heavy atom. The minimum absolute atomic E-state index is 0.160. The van der Waals surface area contributed by atoms with Gasteiger partial charge in [-0.3, -0.25) is 4.79 Å². The third-order valence-electron chi connectivity index (χ3n) is 3.12. The average Bonchev–Trinajstić information content (AvgIpc) is 3.31. The molecular weight excluding hydrogens is 404 g/mol. The SMILES string of the molecule is Cc1ccc(CSc2nnc(SCC(=O)NN=Cc3cccs3)s2)cc1. The summed E-state index contributed by atoms with van der Waals surface area (Å²) >= 11 is 6.10. The van der Waals surface area contributed by atoms with Crippen LogP contribution in [0.25, 0.3) is 0 Å². The van der Waals surface area contributed by atoms with Crippen molar-refractivity contribution in [2.24, 2.45) is 5.10 Å². The summed E-state index contributed by atoms with van der Waals surface area (Å²) in [5.41, 5.74) is 5.03. The van der Waals surface area contributed by atoms with Crippen molar-refractivity contribution in [3.63, 3.8) is 0 Å². The molecule has 26 heavy (non-hydrogen) atoms. The minimum atomic E-state index is -0.160. The standard InChI is InChI=1S/C17H16N4OS4/c1-12-4-6-13(7-5-12)10-24-16-20-21-17(26-16)25-11-15(22)19-18-9-14-3-2-8-23-14/h2-9H,10-11H2,1H3,(H,19,22). The van der Waals surface area contributed by atoms with Crippen LogP contribution in [0.2, 0.25) is 0 Å². The van der Waals surface area contributed by atoms with E-state index in [2.05, 4.69) is 51.9 Å². The number of carbonyl (C=O) groups excluding carboxylic acids is 1. The molecule has 0 aliphatic heterocycles. The lowest BCUT2D eigenvalue weighted by Crippen LogP contribution is -2.19. The molecule has 0 radical (unpaired) electrons. The van der Waals surface area contributed by atoms with Gasteiger partial charge >= 0.3 is 0 Å². The van der Waals surface area contributed by atoms with E-state index in [1.807, 2.05) is 17.5 Å². The van der Waals surface area contributed by atoms with Gasteiger partial charge in [0.05, 0.1) is 12.0 Å². The summed E-state index contributed by atoms with van der Waals surface area (Å²) in [5.74, 6) is 0.961. The molecule has 1 N–H and O–H groups in total. The number of benzene rings is 1. The minimum Gasteiger partial charge on any atom is -0.272 e. The fraction of sp³-hybridized carbons (Fsp3) is 0.176. The Morgan fingerprint density at radius 2 is 1.96 bits per heavy atom. The van der Waals surface area contributed by atoms with Crippen LogP contribution in [-0.2, 0) is 10.5 Å². The average molecular weight is 421 g/mol. The molecule has 3 aromatic rings. The first-order chi connectivity index (χ1) is 12.7. The Kier molecular flexibility index (Phi) is 7.24. The van der Waals surface area contributed by atoms with Crippen LogP contribution in [0.15, 0.2) is 55.6 Å². The first-order valence-electron chi connectivity index (χ1n) is 7.69. The monoisotopic (exact) mass is 420 g/mol. The highest BCUT2D eigenvalue weighted by Gasteiger charge is 2.08. The molecule has 2 heterocycles. The number of hydrogen-bond acceptors (Lipinski definition) is 8. The lowest BCUT2D eigenvalue weighted by atomic mass is 10.2. The summed E-state index contributed by atoms with van der Waals surface area (Å²) in [7, 11) is 0. The van der Waals surface area contributed by atoms with Gasteiger partial charge in [-0.15, -0.1) is 21.5 Å². The highest BCUT2D eigenvalue weighted by atomic mass is 32.2. The molecule has 0 saturated heterocycles. The van der Waals surface area contributed by atoms with E-state index in [1.165, 1.54) is 34.2 Å². The number of hydrazone groups is 1. The molecular formula is C17H16N4OS4. The summed E-state index contributed by atoms with van der Waals surface area (Å²) in [6.07, 6.45) is 1.64. The second-order valence-electron chi connectivity index (χ2n) is 5.21. The van der Waals surface area contributed by atoms with Crippen LogP contribution in [0, 0.1) is 6.92 Å². The maximum Gasteiger partial charge on any atom is 0.250 e. The molecule has 1 aromatic carbocycles. The van der Waals surface area contributed by atoms with Gasteiger partial charge in [0.1, 0.15) is 0 Å². The highest BCUT2D eigenvalue weighted by molar-refractivity contribution is 8.03. The Morgan fingerprint density at radius 1 is 1.19 bits per heavy atom. The van der Waals surface area contributed by atoms with E-state index >= 15 is 0 Å². The van der Waals surface area contributed by atoms with Crippen molar-refractivity contribution >= 4 is 58.3 Å². The molecule has 134 valence electrons. The van der Waals surface area contributed by atoms with Crippen LogP contribution in [0.4, 0.5) is 0 Å². The largest absolute Gasteiger partial charge is 0.272 e. The van der Waals surface area contributed by atoms with E-state index < -0.39 is 0 Å². The van der Waals surface area contributed by atoms with Gasteiger partial charge < -0.3 is 0 Å². The molecule has 5 nitrogen and oxygen atoms in total. The third kappa shape index (κ3) is 6.24. The van der Waals surface area contributed by atoms with Gasteiger partial charge in [-0.2, -0.15) is 5.10 Å². The predicted octanol–water partition coefficient (Wildman–Crippen LogP) is 4.44. The molecule has 0 aliphatic carbocycles. The summed E-state index contributed by atoms with van der Waals surface area (Å²) in [6.45, 7) is 2.08. The van der Waals surface area contributed by atoms with Gasteiger partial charge in [-0.25, -0.2) is 5.43 Å². The van der Waals surface area contributed by atoms with Gasteiger partial charge in [0.25, 0.3) is 5.91 Å². The van der Waals surface area contributed by atoms with Crippen molar-refractivity contribution in [3.8, 4) is 0 Å². The van der Waals surface area contributed by atoms with Crippen molar-refractivity contribution in [1.29, 1.82) is 0 Å².